The molecule has 0 spiro atoms. The summed E-state index contributed by atoms with van der Waals surface area (Å²) in [5, 5.41) is 6.04. The maximum absolute atomic E-state index is 13.4. The van der Waals surface area contributed by atoms with Crippen molar-refractivity contribution in [2.75, 3.05) is 39.9 Å². The van der Waals surface area contributed by atoms with Gasteiger partial charge in [0.15, 0.2) is 18.1 Å². The highest BCUT2D eigenvalue weighted by molar-refractivity contribution is 5.95. The standard InChI is InChI=1S/C30H36N4O6/c1-38-25-9-6-21-14-26(25)39-18-28(35)31-15-19-2-7-23(8-3-19)40-27-17-34(16-24(27)32-29(21)36)22-10-12-33(13-11-22)30(37)20-4-5-20/h2-3,6-9,14,20,22,24,27H,4-5,10-13,15-18H2,1H3,(H,31,35)(H,32,36)/t24-,27-/m0/s1. The van der Waals surface area contributed by atoms with Crippen molar-refractivity contribution in [1.82, 2.24) is 20.4 Å². The molecule has 4 aliphatic heterocycles. The summed E-state index contributed by atoms with van der Waals surface area (Å²) in [6, 6.07) is 12.7. The summed E-state index contributed by atoms with van der Waals surface area (Å²) in [7, 11) is 1.52. The topological polar surface area (TPSA) is 109 Å². The average Bonchev–Trinajstić information content (AvgIpc) is 3.76. The molecule has 10 nitrogen and oxygen atoms in total. The van der Waals surface area contributed by atoms with Crippen LogP contribution >= 0.6 is 0 Å². The van der Waals surface area contributed by atoms with Gasteiger partial charge in [-0.2, -0.15) is 0 Å². The number of benzene rings is 2. The molecule has 7 rings (SSSR count). The van der Waals surface area contributed by atoms with Crippen molar-refractivity contribution in [3.63, 3.8) is 0 Å². The van der Waals surface area contributed by atoms with Crippen molar-refractivity contribution in [2.45, 2.75) is 50.4 Å². The summed E-state index contributed by atoms with van der Waals surface area (Å²) < 4.78 is 17.6. The third-order valence-electron chi connectivity index (χ3n) is 8.32. The van der Waals surface area contributed by atoms with Gasteiger partial charge in [-0.15, -0.1) is 0 Å². The van der Waals surface area contributed by atoms with Crippen LogP contribution in [0, 0.1) is 5.92 Å². The van der Waals surface area contributed by atoms with Crippen molar-refractivity contribution in [3.8, 4) is 17.2 Å². The van der Waals surface area contributed by atoms with Gasteiger partial charge in [0.25, 0.3) is 11.8 Å². The van der Waals surface area contributed by atoms with Crippen LogP contribution in [0.25, 0.3) is 0 Å². The van der Waals surface area contributed by atoms with E-state index < -0.39 is 0 Å². The molecule has 4 bridgehead atoms. The Bertz CT molecular complexity index is 1260. The van der Waals surface area contributed by atoms with E-state index in [9.17, 15) is 14.4 Å². The Morgan fingerprint density at radius 1 is 1.00 bits per heavy atom. The Kier molecular flexibility index (Phi) is 7.51. The Morgan fingerprint density at radius 2 is 1.77 bits per heavy atom. The number of nitrogens with zero attached hydrogens (tertiary/aromatic N) is 2. The van der Waals surface area contributed by atoms with Crippen LogP contribution in [0.3, 0.4) is 0 Å². The first-order chi connectivity index (χ1) is 19.5. The number of amides is 3. The van der Waals surface area contributed by atoms with Gasteiger partial charge < -0.3 is 29.7 Å². The number of ether oxygens (including phenoxy) is 3. The maximum Gasteiger partial charge on any atom is 0.258 e. The second kappa shape index (κ2) is 11.4. The highest BCUT2D eigenvalue weighted by Gasteiger charge is 2.41. The number of hydrogen-bond donors (Lipinski definition) is 2. The van der Waals surface area contributed by atoms with E-state index >= 15 is 0 Å². The average molecular weight is 549 g/mol. The summed E-state index contributed by atoms with van der Waals surface area (Å²) in [4.78, 5) is 42.7. The van der Waals surface area contributed by atoms with E-state index in [1.807, 2.05) is 29.2 Å². The number of hydrogen-bond acceptors (Lipinski definition) is 7. The molecule has 1 aliphatic carbocycles. The summed E-state index contributed by atoms with van der Waals surface area (Å²) in [5.74, 6) is 1.52. The van der Waals surface area contributed by atoms with Gasteiger partial charge in [-0.1, -0.05) is 12.1 Å². The van der Waals surface area contributed by atoms with Crippen molar-refractivity contribution in [3.05, 3.63) is 53.6 Å². The number of methoxy groups -OCH3 is 1. The quantitative estimate of drug-likeness (QED) is 0.604. The second-order valence-electron chi connectivity index (χ2n) is 11.1. The molecule has 1 saturated carbocycles. The van der Waals surface area contributed by atoms with Crippen LogP contribution in [0.15, 0.2) is 42.5 Å². The van der Waals surface area contributed by atoms with E-state index in [1.54, 1.807) is 18.2 Å². The van der Waals surface area contributed by atoms with E-state index in [0.29, 0.717) is 54.4 Å². The number of carbonyl (C=O) groups excluding carboxylic acids is 3. The van der Waals surface area contributed by atoms with E-state index in [1.165, 1.54) is 7.11 Å². The molecule has 3 amide bonds. The highest BCUT2D eigenvalue weighted by Crippen LogP contribution is 2.33. The second-order valence-corrected chi connectivity index (χ2v) is 11.1. The largest absolute Gasteiger partial charge is 0.493 e. The van der Waals surface area contributed by atoms with Crippen LogP contribution < -0.4 is 24.8 Å². The summed E-state index contributed by atoms with van der Waals surface area (Å²) in [6.45, 7) is 3.07. The van der Waals surface area contributed by atoms with Crippen molar-refractivity contribution < 1.29 is 28.6 Å². The van der Waals surface area contributed by atoms with Crippen LogP contribution in [0.4, 0.5) is 0 Å². The van der Waals surface area contributed by atoms with Gasteiger partial charge in [0.05, 0.1) is 13.2 Å². The number of rotatable bonds is 3. The molecule has 2 saturated heterocycles. The van der Waals surface area contributed by atoms with E-state index in [-0.39, 0.29) is 36.5 Å². The zero-order chi connectivity index (χ0) is 27.6. The van der Waals surface area contributed by atoms with E-state index in [2.05, 4.69) is 15.5 Å². The van der Waals surface area contributed by atoms with Crippen LogP contribution in [0.1, 0.15) is 41.6 Å². The molecule has 4 heterocycles. The molecule has 0 radical (unpaired) electrons. The zero-order valence-corrected chi connectivity index (χ0v) is 22.8. The summed E-state index contributed by atoms with van der Waals surface area (Å²) in [6.07, 6.45) is 3.66. The normalized spacial score (nSPS) is 24.3. The molecule has 0 unspecified atom stereocenters. The number of piperidine rings is 1. The number of carbonyl (C=O) groups is 3. The van der Waals surface area contributed by atoms with Crippen molar-refractivity contribution >= 4 is 17.7 Å². The first-order valence-corrected chi connectivity index (χ1v) is 14.1. The van der Waals surface area contributed by atoms with Gasteiger partial charge in [-0.25, -0.2) is 0 Å². The van der Waals surface area contributed by atoms with Gasteiger partial charge >= 0.3 is 0 Å². The molecule has 40 heavy (non-hydrogen) atoms. The lowest BCUT2D eigenvalue weighted by atomic mass is 10.0. The monoisotopic (exact) mass is 548 g/mol. The highest BCUT2D eigenvalue weighted by atomic mass is 16.5. The smallest absolute Gasteiger partial charge is 0.258 e. The fourth-order valence-corrected chi connectivity index (χ4v) is 5.84. The molecular weight excluding hydrogens is 512 g/mol. The third kappa shape index (κ3) is 5.86. The fraction of sp³-hybridized carbons (Fsp3) is 0.500. The van der Waals surface area contributed by atoms with Gasteiger partial charge in [0, 0.05) is 50.2 Å². The molecule has 212 valence electrons. The number of nitrogens with one attached hydrogen (secondary N) is 2. The minimum absolute atomic E-state index is 0.201. The Morgan fingerprint density at radius 3 is 2.50 bits per heavy atom. The first kappa shape index (κ1) is 26.4. The van der Waals surface area contributed by atoms with Gasteiger partial charge in [-0.3, -0.25) is 19.3 Å². The van der Waals surface area contributed by atoms with Gasteiger partial charge in [-0.05, 0) is 61.6 Å². The predicted molar refractivity (Wildman–Crippen MR) is 146 cm³/mol. The Hall–Kier alpha value is -3.79. The summed E-state index contributed by atoms with van der Waals surface area (Å²) >= 11 is 0. The molecule has 2 aromatic rings. The molecule has 3 fully saturated rings. The lowest BCUT2D eigenvalue weighted by molar-refractivity contribution is -0.134. The molecular formula is C30H36N4O6. The van der Waals surface area contributed by atoms with Gasteiger partial charge in [0.2, 0.25) is 5.91 Å². The van der Waals surface area contributed by atoms with Crippen LogP contribution in [-0.2, 0) is 16.1 Å². The zero-order valence-electron chi connectivity index (χ0n) is 22.8. The van der Waals surface area contributed by atoms with E-state index in [0.717, 1.165) is 44.3 Å². The third-order valence-corrected chi connectivity index (χ3v) is 8.32. The molecule has 5 aliphatic rings. The lowest BCUT2D eigenvalue weighted by Crippen LogP contribution is -2.47. The molecule has 0 aromatic heterocycles. The molecule has 2 aromatic carbocycles. The SMILES string of the molecule is COc1ccc2cc1OCC(=O)NCc1ccc(cc1)O[C@H]1CN(C3CCN(C(=O)C4CC4)CC3)C[C@@H]1NC2=O. The molecule has 2 N–H and O–H groups in total. The minimum Gasteiger partial charge on any atom is -0.493 e. The summed E-state index contributed by atoms with van der Waals surface area (Å²) in [5.41, 5.74) is 1.35. The Labute approximate surface area is 233 Å². The van der Waals surface area contributed by atoms with Gasteiger partial charge in [0.1, 0.15) is 11.9 Å². The number of likely N-dealkylation sites (tertiary alicyclic amines) is 2. The van der Waals surface area contributed by atoms with Crippen LogP contribution in [-0.4, -0.2) is 85.6 Å². The molecule has 10 heteroatoms. The molecule has 2 atom stereocenters. The lowest BCUT2D eigenvalue weighted by Gasteiger charge is -2.36. The van der Waals surface area contributed by atoms with Crippen LogP contribution in [0.2, 0.25) is 0 Å². The maximum atomic E-state index is 13.4. The predicted octanol–water partition coefficient (Wildman–Crippen LogP) is 1.97. The number of fused-ring (bicyclic) bond motifs is 7. The fourth-order valence-electron chi connectivity index (χ4n) is 5.84. The Balaban J connectivity index is 1.21. The first-order valence-electron chi connectivity index (χ1n) is 14.1. The van der Waals surface area contributed by atoms with Crippen LogP contribution in [0.5, 0.6) is 17.2 Å². The van der Waals surface area contributed by atoms with E-state index in [4.69, 9.17) is 14.2 Å². The minimum atomic E-state index is -0.279. The van der Waals surface area contributed by atoms with Crippen molar-refractivity contribution in [2.24, 2.45) is 5.92 Å². The van der Waals surface area contributed by atoms with Crippen molar-refractivity contribution in [1.29, 1.82) is 0 Å².